The Morgan fingerprint density at radius 1 is 1.37 bits per heavy atom. The van der Waals surface area contributed by atoms with Gasteiger partial charge in [-0.15, -0.1) is 0 Å². The van der Waals surface area contributed by atoms with Crippen LogP contribution in [-0.2, 0) is 20.9 Å². The number of carbonyl (C=O) groups excluding carboxylic acids is 1. The Bertz CT molecular complexity index is 448. The fourth-order valence-electron chi connectivity index (χ4n) is 1.83. The second-order valence-electron chi connectivity index (χ2n) is 4.16. The minimum Gasteiger partial charge on any atom is -0.480 e. The van der Waals surface area contributed by atoms with Crippen molar-refractivity contribution in [3.8, 4) is 0 Å². The summed E-state index contributed by atoms with van der Waals surface area (Å²) in [6.45, 7) is 0.675. The molecule has 0 spiro atoms. The molecule has 1 amide bonds. The van der Waals surface area contributed by atoms with Crippen molar-refractivity contribution in [2.45, 2.75) is 12.6 Å². The molecule has 0 radical (unpaired) electrons. The Morgan fingerprint density at radius 3 is 2.79 bits per heavy atom. The van der Waals surface area contributed by atoms with Crippen LogP contribution in [0.3, 0.4) is 0 Å². The van der Waals surface area contributed by atoms with Gasteiger partial charge in [-0.05, 0) is 5.56 Å². The van der Waals surface area contributed by atoms with Crippen LogP contribution in [0.15, 0.2) is 30.3 Å². The van der Waals surface area contributed by atoms with Crippen LogP contribution in [0.5, 0.6) is 0 Å². The lowest BCUT2D eigenvalue weighted by atomic mass is 10.2. The highest BCUT2D eigenvalue weighted by Crippen LogP contribution is 2.10. The molecule has 1 aromatic rings. The summed E-state index contributed by atoms with van der Waals surface area (Å²) in [5.74, 6) is -1.09. The normalized spacial score (nSPS) is 18.9. The Hall–Kier alpha value is -2.08. The maximum atomic E-state index is 11.9. The summed E-state index contributed by atoms with van der Waals surface area (Å²) in [5, 5.41) is 9.01. The smallest absolute Gasteiger partial charge is 0.411 e. The van der Waals surface area contributed by atoms with Crippen molar-refractivity contribution < 1.29 is 24.2 Å². The fourth-order valence-corrected chi connectivity index (χ4v) is 1.83. The van der Waals surface area contributed by atoms with E-state index in [0.29, 0.717) is 6.61 Å². The lowest BCUT2D eigenvalue weighted by molar-refractivity contribution is -0.148. The molecule has 102 valence electrons. The van der Waals surface area contributed by atoms with Gasteiger partial charge in [0.25, 0.3) is 0 Å². The van der Waals surface area contributed by atoms with Crippen LogP contribution >= 0.6 is 0 Å². The number of nitrogens with zero attached hydrogens (tertiary/aromatic N) is 1. The first-order valence-electron chi connectivity index (χ1n) is 5.96. The van der Waals surface area contributed by atoms with Crippen molar-refractivity contribution >= 4 is 12.1 Å². The highest BCUT2D eigenvalue weighted by atomic mass is 16.6. The van der Waals surface area contributed by atoms with Crippen LogP contribution in [0.1, 0.15) is 5.56 Å². The van der Waals surface area contributed by atoms with E-state index in [1.807, 2.05) is 30.3 Å². The third-order valence-corrected chi connectivity index (χ3v) is 2.85. The maximum Gasteiger partial charge on any atom is 0.411 e. The summed E-state index contributed by atoms with van der Waals surface area (Å²) in [7, 11) is 0. The lowest BCUT2D eigenvalue weighted by Crippen LogP contribution is -2.52. The van der Waals surface area contributed by atoms with Gasteiger partial charge < -0.3 is 14.6 Å². The summed E-state index contributed by atoms with van der Waals surface area (Å²) in [6, 6.07) is 8.25. The Kier molecular flexibility index (Phi) is 4.35. The van der Waals surface area contributed by atoms with Gasteiger partial charge in [0.1, 0.15) is 6.61 Å². The Labute approximate surface area is 110 Å². The summed E-state index contributed by atoms with van der Waals surface area (Å²) >= 11 is 0. The van der Waals surface area contributed by atoms with Crippen molar-refractivity contribution in [3.63, 3.8) is 0 Å². The first-order chi connectivity index (χ1) is 9.18. The molecule has 19 heavy (non-hydrogen) atoms. The molecule has 1 aliphatic rings. The van der Waals surface area contributed by atoms with Crippen molar-refractivity contribution in [2.75, 3.05) is 19.8 Å². The molecular formula is C13H15NO5. The fraction of sp³-hybridized carbons (Fsp3) is 0.385. The molecule has 1 aromatic carbocycles. The van der Waals surface area contributed by atoms with E-state index >= 15 is 0 Å². The molecule has 0 bridgehead atoms. The zero-order valence-corrected chi connectivity index (χ0v) is 10.3. The molecule has 1 heterocycles. The summed E-state index contributed by atoms with van der Waals surface area (Å²) in [6.07, 6.45) is -0.625. The van der Waals surface area contributed by atoms with Gasteiger partial charge in [0.15, 0.2) is 6.04 Å². The largest absolute Gasteiger partial charge is 0.480 e. The SMILES string of the molecule is O=C(O)[C@H]1COCCN1C(=O)OCc1ccccc1. The highest BCUT2D eigenvalue weighted by molar-refractivity contribution is 5.80. The van der Waals surface area contributed by atoms with Gasteiger partial charge in [-0.3, -0.25) is 4.90 Å². The number of aliphatic carboxylic acids is 1. The summed E-state index contributed by atoms with van der Waals surface area (Å²) < 4.78 is 10.2. The van der Waals surface area contributed by atoms with Crippen molar-refractivity contribution in [1.82, 2.24) is 4.90 Å². The number of carbonyl (C=O) groups is 2. The number of amides is 1. The van der Waals surface area contributed by atoms with Crippen molar-refractivity contribution in [3.05, 3.63) is 35.9 Å². The van der Waals surface area contributed by atoms with Gasteiger partial charge in [0, 0.05) is 6.54 Å². The van der Waals surface area contributed by atoms with Crippen LogP contribution in [0.2, 0.25) is 0 Å². The van der Waals surface area contributed by atoms with Gasteiger partial charge in [0.05, 0.1) is 13.2 Å². The minimum absolute atomic E-state index is 0.00420. The number of ether oxygens (including phenoxy) is 2. The number of benzene rings is 1. The number of carboxylic acid groups (broad SMARTS) is 1. The van der Waals surface area contributed by atoms with Crippen molar-refractivity contribution in [2.24, 2.45) is 0 Å². The van der Waals surface area contributed by atoms with E-state index in [4.69, 9.17) is 14.6 Å². The van der Waals surface area contributed by atoms with Gasteiger partial charge in [0.2, 0.25) is 0 Å². The molecule has 1 aliphatic heterocycles. The molecule has 6 nitrogen and oxygen atoms in total. The van der Waals surface area contributed by atoms with Crippen LogP contribution in [0, 0.1) is 0 Å². The molecule has 1 fully saturated rings. The Balaban J connectivity index is 1.93. The first kappa shape index (κ1) is 13.4. The van der Waals surface area contributed by atoms with Gasteiger partial charge in [-0.2, -0.15) is 0 Å². The zero-order valence-electron chi connectivity index (χ0n) is 10.3. The molecule has 1 N–H and O–H groups in total. The highest BCUT2D eigenvalue weighted by Gasteiger charge is 2.33. The number of rotatable bonds is 3. The number of carboxylic acids is 1. The van der Waals surface area contributed by atoms with E-state index in [1.165, 1.54) is 4.90 Å². The van der Waals surface area contributed by atoms with Gasteiger partial charge in [-0.25, -0.2) is 9.59 Å². The lowest BCUT2D eigenvalue weighted by Gasteiger charge is -2.31. The van der Waals surface area contributed by atoms with Gasteiger partial charge >= 0.3 is 12.1 Å². The van der Waals surface area contributed by atoms with Crippen LogP contribution in [0.4, 0.5) is 4.79 Å². The van der Waals surface area contributed by atoms with E-state index in [2.05, 4.69) is 0 Å². The molecule has 1 atom stereocenters. The zero-order chi connectivity index (χ0) is 13.7. The second-order valence-corrected chi connectivity index (χ2v) is 4.16. The topological polar surface area (TPSA) is 76.1 Å². The molecule has 2 rings (SSSR count). The number of hydrogen-bond acceptors (Lipinski definition) is 4. The van der Waals surface area contributed by atoms with E-state index in [0.717, 1.165) is 5.56 Å². The minimum atomic E-state index is -1.09. The van der Waals surface area contributed by atoms with Crippen molar-refractivity contribution in [1.29, 1.82) is 0 Å². The third-order valence-electron chi connectivity index (χ3n) is 2.85. The van der Waals surface area contributed by atoms with E-state index in [-0.39, 0.29) is 19.8 Å². The quantitative estimate of drug-likeness (QED) is 0.886. The number of morpholine rings is 1. The molecule has 1 saturated heterocycles. The molecule has 0 aliphatic carbocycles. The van der Waals surface area contributed by atoms with E-state index < -0.39 is 18.1 Å². The standard InChI is InChI=1S/C13H15NO5/c15-12(16)11-9-18-7-6-14(11)13(17)19-8-10-4-2-1-3-5-10/h1-5,11H,6-9H2,(H,15,16)/t11-/m1/s1. The van der Waals surface area contributed by atoms with E-state index in [9.17, 15) is 9.59 Å². The van der Waals surface area contributed by atoms with Crippen LogP contribution in [0.25, 0.3) is 0 Å². The first-order valence-corrected chi connectivity index (χ1v) is 5.96. The molecule has 0 saturated carbocycles. The summed E-state index contributed by atoms with van der Waals surface area (Å²) in [4.78, 5) is 24.1. The van der Waals surface area contributed by atoms with Gasteiger partial charge in [-0.1, -0.05) is 30.3 Å². The second kappa shape index (κ2) is 6.19. The molecule has 6 heteroatoms. The van der Waals surface area contributed by atoms with E-state index in [1.54, 1.807) is 0 Å². The molecule has 0 aromatic heterocycles. The van der Waals surface area contributed by atoms with Crippen LogP contribution < -0.4 is 0 Å². The number of hydrogen-bond donors (Lipinski definition) is 1. The Morgan fingerprint density at radius 2 is 2.11 bits per heavy atom. The third kappa shape index (κ3) is 3.45. The predicted octanol–water partition coefficient (Wildman–Crippen LogP) is 1.11. The predicted molar refractivity (Wildman–Crippen MR) is 65.6 cm³/mol. The summed E-state index contributed by atoms with van der Waals surface area (Å²) in [5.41, 5.74) is 0.857. The average molecular weight is 265 g/mol. The van der Waals surface area contributed by atoms with Crippen LogP contribution in [-0.4, -0.2) is 47.9 Å². The average Bonchev–Trinajstić information content (AvgIpc) is 2.46. The monoisotopic (exact) mass is 265 g/mol. The molecule has 0 unspecified atom stereocenters. The molecular weight excluding hydrogens is 250 g/mol. The maximum absolute atomic E-state index is 11.9.